The van der Waals surface area contributed by atoms with Crippen LogP contribution >= 0.6 is 27.3 Å². The fraction of sp³-hybridized carbons (Fsp3) is 0.385. The predicted molar refractivity (Wildman–Crippen MR) is 74.5 cm³/mol. The predicted octanol–water partition coefficient (Wildman–Crippen LogP) is 5.58. The van der Waals surface area contributed by atoms with Gasteiger partial charge in [0, 0.05) is 4.88 Å². The Morgan fingerprint density at radius 2 is 2.07 bits per heavy atom. The molecule has 0 bridgehead atoms. The van der Waals surface area contributed by atoms with Crippen molar-refractivity contribution >= 4 is 32.8 Å². The summed E-state index contributed by atoms with van der Waals surface area (Å²) >= 11 is 5.32. The minimum absolute atomic E-state index is 1.02. The van der Waals surface area contributed by atoms with Crippen molar-refractivity contribution in [2.75, 3.05) is 0 Å². The Balaban J connectivity index is 3.18. The Bertz CT molecular complexity index is 410. The Morgan fingerprint density at radius 1 is 1.47 bits per heavy atom. The molecule has 0 radical (unpaired) electrons. The molecule has 1 heterocycles. The van der Waals surface area contributed by atoms with Gasteiger partial charge in [0.2, 0.25) is 0 Å². The van der Waals surface area contributed by atoms with E-state index in [9.17, 15) is 0 Å². The van der Waals surface area contributed by atoms with E-state index in [1.165, 1.54) is 30.9 Å². The SMILES string of the molecule is C=C(CC)/C(C)=C(\C)c1sc(Br)cc1C. The monoisotopic (exact) mass is 284 g/mol. The summed E-state index contributed by atoms with van der Waals surface area (Å²) in [5.41, 5.74) is 5.26. The molecule has 0 aliphatic heterocycles. The lowest BCUT2D eigenvalue weighted by Gasteiger charge is -2.08. The van der Waals surface area contributed by atoms with Crippen LogP contribution in [-0.2, 0) is 0 Å². The summed E-state index contributed by atoms with van der Waals surface area (Å²) in [5.74, 6) is 0. The molecule has 1 rings (SSSR count). The Labute approximate surface area is 105 Å². The fourth-order valence-corrected chi connectivity index (χ4v) is 3.30. The van der Waals surface area contributed by atoms with Gasteiger partial charge in [-0.25, -0.2) is 0 Å². The second-order valence-corrected chi connectivity index (χ2v) is 6.20. The van der Waals surface area contributed by atoms with E-state index in [1.807, 2.05) is 0 Å². The molecule has 0 atom stereocenters. The van der Waals surface area contributed by atoms with Crippen LogP contribution in [0.4, 0.5) is 0 Å². The number of aryl methyl sites for hydroxylation is 1. The largest absolute Gasteiger partial charge is 0.128 e. The molecule has 2 heteroatoms. The Morgan fingerprint density at radius 3 is 2.47 bits per heavy atom. The molecule has 0 amide bonds. The smallest absolute Gasteiger partial charge is 0.0707 e. The van der Waals surface area contributed by atoms with Gasteiger partial charge in [0.25, 0.3) is 0 Å². The van der Waals surface area contributed by atoms with Gasteiger partial charge in [-0.1, -0.05) is 19.1 Å². The summed E-state index contributed by atoms with van der Waals surface area (Å²) in [7, 11) is 0. The van der Waals surface area contributed by atoms with E-state index < -0.39 is 0 Å². The van der Waals surface area contributed by atoms with E-state index in [-0.39, 0.29) is 0 Å². The van der Waals surface area contributed by atoms with Gasteiger partial charge in [0.05, 0.1) is 3.79 Å². The molecule has 0 saturated heterocycles. The standard InChI is InChI=1S/C13H17BrS/c1-6-8(2)10(4)11(5)13-9(3)7-12(14)15-13/h7H,2,6H2,1,3-5H3/b11-10+. The zero-order chi connectivity index (χ0) is 11.6. The molecule has 0 saturated carbocycles. The summed E-state index contributed by atoms with van der Waals surface area (Å²) in [6, 6.07) is 2.17. The highest BCUT2D eigenvalue weighted by atomic mass is 79.9. The molecule has 0 nitrogen and oxygen atoms in total. The number of allylic oxidation sites excluding steroid dienone is 3. The third-order valence-corrected chi connectivity index (χ3v) is 4.61. The molecule has 0 N–H and O–H groups in total. The highest BCUT2D eigenvalue weighted by Gasteiger charge is 2.09. The van der Waals surface area contributed by atoms with Gasteiger partial charge in [-0.15, -0.1) is 11.3 Å². The minimum atomic E-state index is 1.02. The van der Waals surface area contributed by atoms with Crippen LogP contribution in [0.2, 0.25) is 0 Å². The molecule has 1 aromatic heterocycles. The van der Waals surface area contributed by atoms with Crippen LogP contribution in [0.1, 0.15) is 37.6 Å². The van der Waals surface area contributed by atoms with Gasteiger partial charge in [-0.05, 0) is 65.9 Å². The zero-order valence-electron chi connectivity index (χ0n) is 9.78. The molecule has 0 aliphatic carbocycles. The lowest BCUT2D eigenvalue weighted by molar-refractivity contribution is 1.11. The molecule has 1 aromatic rings. The Hall–Kier alpha value is -0.340. The highest BCUT2D eigenvalue weighted by Crippen LogP contribution is 2.34. The van der Waals surface area contributed by atoms with Crippen molar-refractivity contribution in [3.63, 3.8) is 0 Å². The van der Waals surface area contributed by atoms with Gasteiger partial charge in [-0.3, -0.25) is 0 Å². The summed E-state index contributed by atoms with van der Waals surface area (Å²) in [4.78, 5) is 1.37. The van der Waals surface area contributed by atoms with Crippen LogP contribution in [-0.4, -0.2) is 0 Å². The lowest BCUT2D eigenvalue weighted by Crippen LogP contribution is -1.87. The first kappa shape index (κ1) is 12.7. The van der Waals surface area contributed by atoms with Gasteiger partial charge >= 0.3 is 0 Å². The maximum atomic E-state index is 4.09. The van der Waals surface area contributed by atoms with Crippen LogP contribution in [0, 0.1) is 6.92 Å². The summed E-state index contributed by atoms with van der Waals surface area (Å²) in [5, 5.41) is 0. The number of halogens is 1. The number of rotatable bonds is 3. The van der Waals surface area contributed by atoms with Crippen molar-refractivity contribution in [3.05, 3.63) is 38.0 Å². The van der Waals surface area contributed by atoms with E-state index >= 15 is 0 Å². The van der Waals surface area contributed by atoms with Crippen molar-refractivity contribution in [2.24, 2.45) is 0 Å². The highest BCUT2D eigenvalue weighted by molar-refractivity contribution is 9.11. The average Bonchev–Trinajstić information content (AvgIpc) is 2.54. The second kappa shape index (κ2) is 5.13. The van der Waals surface area contributed by atoms with Crippen LogP contribution in [0.3, 0.4) is 0 Å². The summed E-state index contributed by atoms with van der Waals surface area (Å²) < 4.78 is 1.20. The molecular weight excluding hydrogens is 268 g/mol. The molecule has 0 spiro atoms. The van der Waals surface area contributed by atoms with Crippen molar-refractivity contribution < 1.29 is 0 Å². The van der Waals surface area contributed by atoms with Gasteiger partial charge in [0.15, 0.2) is 0 Å². The topological polar surface area (TPSA) is 0 Å². The van der Waals surface area contributed by atoms with Crippen molar-refractivity contribution in [1.29, 1.82) is 0 Å². The van der Waals surface area contributed by atoms with E-state index in [4.69, 9.17) is 0 Å². The van der Waals surface area contributed by atoms with Crippen molar-refractivity contribution in [2.45, 2.75) is 34.1 Å². The first-order valence-electron chi connectivity index (χ1n) is 5.09. The normalized spacial score (nSPS) is 12.6. The van der Waals surface area contributed by atoms with Gasteiger partial charge < -0.3 is 0 Å². The minimum Gasteiger partial charge on any atom is -0.128 e. The number of hydrogen-bond acceptors (Lipinski definition) is 1. The quantitative estimate of drug-likeness (QED) is 0.636. The molecule has 0 aliphatic rings. The lowest BCUT2D eigenvalue weighted by atomic mass is 10.00. The van der Waals surface area contributed by atoms with Gasteiger partial charge in [0.1, 0.15) is 0 Å². The van der Waals surface area contributed by atoms with E-state index in [0.717, 1.165) is 6.42 Å². The van der Waals surface area contributed by atoms with E-state index in [0.29, 0.717) is 0 Å². The average molecular weight is 285 g/mol. The third kappa shape index (κ3) is 2.82. The van der Waals surface area contributed by atoms with Crippen LogP contribution in [0.25, 0.3) is 5.57 Å². The molecule has 15 heavy (non-hydrogen) atoms. The molecule has 0 aromatic carbocycles. The van der Waals surface area contributed by atoms with Gasteiger partial charge in [-0.2, -0.15) is 0 Å². The number of thiophene rings is 1. The molecule has 82 valence electrons. The van der Waals surface area contributed by atoms with E-state index in [1.54, 1.807) is 11.3 Å². The molecule has 0 fully saturated rings. The summed E-state index contributed by atoms with van der Waals surface area (Å²) in [6.07, 6.45) is 1.02. The summed E-state index contributed by atoms with van der Waals surface area (Å²) in [6.45, 7) is 12.7. The number of hydrogen-bond donors (Lipinski definition) is 0. The first-order valence-corrected chi connectivity index (χ1v) is 6.70. The van der Waals surface area contributed by atoms with Crippen LogP contribution in [0.15, 0.2) is 27.6 Å². The molecule has 0 unspecified atom stereocenters. The van der Waals surface area contributed by atoms with Crippen LogP contribution in [0.5, 0.6) is 0 Å². The maximum absolute atomic E-state index is 4.09. The Kier molecular flexibility index (Phi) is 4.35. The zero-order valence-corrected chi connectivity index (χ0v) is 12.2. The van der Waals surface area contributed by atoms with E-state index in [2.05, 4.69) is 56.3 Å². The van der Waals surface area contributed by atoms with Crippen LogP contribution < -0.4 is 0 Å². The van der Waals surface area contributed by atoms with Crippen molar-refractivity contribution in [3.8, 4) is 0 Å². The molecular formula is C13H17BrS. The van der Waals surface area contributed by atoms with Crippen molar-refractivity contribution in [1.82, 2.24) is 0 Å². The fourth-order valence-electron chi connectivity index (χ4n) is 1.52. The maximum Gasteiger partial charge on any atom is 0.0707 e. The third-order valence-electron chi connectivity index (χ3n) is 2.75. The first-order chi connectivity index (χ1) is 6.97. The second-order valence-electron chi connectivity index (χ2n) is 3.77.